The summed E-state index contributed by atoms with van der Waals surface area (Å²) in [4.78, 5) is 0. The summed E-state index contributed by atoms with van der Waals surface area (Å²) >= 11 is 0. The van der Waals surface area contributed by atoms with Gasteiger partial charge in [-0.25, -0.2) is 0 Å². The molecule has 0 aromatic rings. The second-order valence-corrected chi connectivity index (χ2v) is 13.4. The summed E-state index contributed by atoms with van der Waals surface area (Å²) in [7, 11) is -1.58. The van der Waals surface area contributed by atoms with Crippen LogP contribution in [0.3, 0.4) is 0 Å². The van der Waals surface area contributed by atoms with Crippen molar-refractivity contribution in [2.24, 2.45) is 0 Å². The number of rotatable bonds is 20. The first-order valence-electron chi connectivity index (χ1n) is 13.3. The third kappa shape index (κ3) is 14.2. The van der Waals surface area contributed by atoms with Crippen LogP contribution >= 0.6 is 0 Å². The first-order valence-corrected chi connectivity index (χ1v) is 15.9. The van der Waals surface area contributed by atoms with Gasteiger partial charge in [0.15, 0.2) is 0 Å². The van der Waals surface area contributed by atoms with Crippen molar-refractivity contribution in [3.05, 3.63) is 22.8 Å². The van der Waals surface area contributed by atoms with E-state index in [0.29, 0.717) is 26.4 Å². The fourth-order valence-corrected chi connectivity index (χ4v) is 5.86. The van der Waals surface area contributed by atoms with Crippen molar-refractivity contribution in [1.29, 1.82) is 0 Å². The molecule has 192 valence electrons. The van der Waals surface area contributed by atoms with Crippen LogP contribution in [0.1, 0.15) is 74.1 Å². The quantitative estimate of drug-likeness (QED) is 0.0816. The van der Waals surface area contributed by atoms with E-state index in [1.165, 1.54) is 18.1 Å². The van der Waals surface area contributed by atoms with Gasteiger partial charge in [-0.2, -0.15) is 0 Å². The van der Waals surface area contributed by atoms with Gasteiger partial charge < -0.3 is 18.9 Å². The Morgan fingerprint density at radius 2 is 1.12 bits per heavy atom. The second-order valence-electron chi connectivity index (χ2n) is 8.51. The Labute approximate surface area is 206 Å². The Morgan fingerprint density at radius 3 is 1.64 bits per heavy atom. The van der Waals surface area contributed by atoms with Crippen molar-refractivity contribution < 1.29 is 18.9 Å². The molecule has 0 bridgehead atoms. The first-order chi connectivity index (χ1) is 16.1. The molecule has 4 nitrogen and oxygen atoms in total. The van der Waals surface area contributed by atoms with Crippen LogP contribution in [0.5, 0.6) is 0 Å². The van der Waals surface area contributed by atoms with Crippen molar-refractivity contribution >= 4 is 8.07 Å². The van der Waals surface area contributed by atoms with Crippen molar-refractivity contribution in [3.63, 3.8) is 0 Å². The van der Waals surface area contributed by atoms with E-state index in [-0.39, 0.29) is 0 Å². The Kier molecular flexibility index (Phi) is 21.0. The maximum absolute atomic E-state index is 6.05. The molecule has 0 amide bonds. The molecular formula is C28H52O4Si. The SMILES string of the molecule is CCCOC/C=C(COCCC)/C(COCCC)=C(\C#C[Si](CC)(CC)CC)COCCC. The van der Waals surface area contributed by atoms with E-state index in [9.17, 15) is 0 Å². The smallest absolute Gasteiger partial charge is 0.138 e. The lowest BCUT2D eigenvalue weighted by Crippen LogP contribution is -2.29. The molecule has 0 N–H and O–H groups in total. The van der Waals surface area contributed by atoms with E-state index in [4.69, 9.17) is 18.9 Å². The van der Waals surface area contributed by atoms with Gasteiger partial charge in [0.2, 0.25) is 0 Å². The predicted octanol–water partition coefficient (Wildman–Crippen LogP) is 6.97. The average molecular weight is 481 g/mol. The largest absolute Gasteiger partial charge is 0.377 e. The Morgan fingerprint density at radius 1 is 0.636 bits per heavy atom. The summed E-state index contributed by atoms with van der Waals surface area (Å²) in [5.74, 6) is 3.62. The van der Waals surface area contributed by atoms with E-state index in [2.05, 4.69) is 66.0 Å². The van der Waals surface area contributed by atoms with Crippen molar-refractivity contribution in [1.82, 2.24) is 0 Å². The maximum atomic E-state index is 6.05. The van der Waals surface area contributed by atoms with Gasteiger partial charge in [-0.3, -0.25) is 0 Å². The lowest BCUT2D eigenvalue weighted by atomic mass is 10.0. The maximum Gasteiger partial charge on any atom is 0.138 e. The van der Waals surface area contributed by atoms with Crippen LogP contribution in [0.25, 0.3) is 0 Å². The van der Waals surface area contributed by atoms with Crippen molar-refractivity contribution in [2.75, 3.05) is 52.9 Å². The van der Waals surface area contributed by atoms with Gasteiger partial charge in [-0.1, -0.05) is 60.5 Å². The lowest BCUT2D eigenvalue weighted by Gasteiger charge is -2.21. The normalized spacial score (nSPS) is 13.0. The van der Waals surface area contributed by atoms with Crippen LogP contribution in [0, 0.1) is 11.5 Å². The topological polar surface area (TPSA) is 36.9 Å². The summed E-state index contributed by atoms with van der Waals surface area (Å²) in [5.41, 5.74) is 7.07. The molecule has 5 heteroatoms. The molecule has 0 radical (unpaired) electrons. The molecule has 0 spiro atoms. The molecule has 0 aliphatic carbocycles. The van der Waals surface area contributed by atoms with Gasteiger partial charge in [0.1, 0.15) is 8.07 Å². The molecule has 0 heterocycles. The third-order valence-electron chi connectivity index (χ3n) is 5.85. The molecule has 0 unspecified atom stereocenters. The molecule has 0 fully saturated rings. The van der Waals surface area contributed by atoms with Crippen LogP contribution in [0.15, 0.2) is 22.8 Å². The zero-order chi connectivity index (χ0) is 24.8. The molecule has 0 aliphatic heterocycles. The third-order valence-corrected chi connectivity index (χ3v) is 10.6. The van der Waals surface area contributed by atoms with E-state index in [1.807, 2.05) is 0 Å². The minimum Gasteiger partial charge on any atom is -0.377 e. The zero-order valence-electron chi connectivity index (χ0n) is 22.8. The van der Waals surface area contributed by atoms with Crippen LogP contribution in [0.2, 0.25) is 18.1 Å². The molecule has 0 aliphatic rings. The fourth-order valence-electron chi connectivity index (χ4n) is 3.42. The van der Waals surface area contributed by atoms with Crippen LogP contribution < -0.4 is 0 Å². The highest BCUT2D eigenvalue weighted by molar-refractivity contribution is 6.87. The second kappa shape index (κ2) is 21.6. The molecule has 33 heavy (non-hydrogen) atoms. The van der Waals surface area contributed by atoms with E-state index < -0.39 is 8.07 Å². The van der Waals surface area contributed by atoms with Gasteiger partial charge >= 0.3 is 0 Å². The molecule has 0 atom stereocenters. The van der Waals surface area contributed by atoms with Crippen molar-refractivity contribution in [3.8, 4) is 11.5 Å². The predicted molar refractivity (Wildman–Crippen MR) is 145 cm³/mol. The number of ether oxygens (including phenoxy) is 4. The minimum absolute atomic E-state index is 0.522. The Balaban J connectivity index is 6.36. The molecular weight excluding hydrogens is 428 g/mol. The highest BCUT2D eigenvalue weighted by atomic mass is 28.3. The summed E-state index contributed by atoms with van der Waals surface area (Å²) in [6.45, 7) is 20.6. The highest BCUT2D eigenvalue weighted by Gasteiger charge is 2.24. The van der Waals surface area contributed by atoms with Crippen LogP contribution in [0.4, 0.5) is 0 Å². The van der Waals surface area contributed by atoms with Gasteiger partial charge in [0.25, 0.3) is 0 Å². The number of hydrogen-bond donors (Lipinski definition) is 0. The van der Waals surface area contributed by atoms with Crippen LogP contribution in [-0.4, -0.2) is 60.9 Å². The summed E-state index contributed by atoms with van der Waals surface area (Å²) in [6.07, 6.45) is 6.14. The molecule has 0 rings (SSSR count). The monoisotopic (exact) mass is 480 g/mol. The van der Waals surface area contributed by atoms with Crippen molar-refractivity contribution in [2.45, 2.75) is 92.3 Å². The van der Waals surface area contributed by atoms with E-state index >= 15 is 0 Å². The van der Waals surface area contributed by atoms with Gasteiger partial charge in [-0.05, 0) is 55.0 Å². The van der Waals surface area contributed by atoms with Gasteiger partial charge in [-0.15, -0.1) is 5.54 Å². The van der Waals surface area contributed by atoms with Gasteiger partial charge in [0, 0.05) is 32.0 Å². The molecule has 0 aromatic heterocycles. The van der Waals surface area contributed by atoms with Crippen LogP contribution in [-0.2, 0) is 18.9 Å². The molecule has 0 saturated carbocycles. The van der Waals surface area contributed by atoms with Gasteiger partial charge in [0.05, 0.1) is 26.4 Å². The van der Waals surface area contributed by atoms with E-state index in [0.717, 1.165) is 68.8 Å². The summed E-state index contributed by atoms with van der Waals surface area (Å²) in [5, 5.41) is 0. The Hall–Kier alpha value is -0.903. The minimum atomic E-state index is -1.58. The number of hydrogen-bond acceptors (Lipinski definition) is 4. The Bertz CT molecular complexity index is 588. The highest BCUT2D eigenvalue weighted by Crippen LogP contribution is 2.21. The molecule has 0 saturated heterocycles. The van der Waals surface area contributed by atoms with E-state index in [1.54, 1.807) is 0 Å². The first kappa shape index (κ1) is 32.1. The molecule has 0 aromatic carbocycles. The average Bonchev–Trinajstić information content (AvgIpc) is 2.84. The summed E-state index contributed by atoms with van der Waals surface area (Å²) in [6, 6.07) is 3.56. The lowest BCUT2D eigenvalue weighted by molar-refractivity contribution is 0.136. The zero-order valence-corrected chi connectivity index (χ0v) is 23.8. The summed E-state index contributed by atoms with van der Waals surface area (Å²) < 4.78 is 23.8. The standard InChI is InChI=1S/C28H52O4Si/c1-8-17-29-21-15-26(23-30-18-9-2)28(25-32-20-11-4)27(24-31-19-10-3)16-22-33(12-5,13-6)14-7/h15H,8-14,17-21,23-25H2,1-7H3/b26-15+,28-27+. The fraction of sp³-hybridized carbons (Fsp3) is 0.786.